The fourth-order valence-electron chi connectivity index (χ4n) is 1.75. The molecule has 1 aliphatic heterocycles. The molecule has 0 fully saturated rings. The van der Waals surface area contributed by atoms with Crippen LogP contribution in [-0.2, 0) is 24.0 Å². The van der Waals surface area contributed by atoms with E-state index in [2.05, 4.69) is 17.7 Å². The maximum absolute atomic E-state index is 11.5. The highest BCUT2D eigenvalue weighted by atomic mass is 16.7. The van der Waals surface area contributed by atoms with Gasteiger partial charge in [-0.15, -0.1) is 0 Å². The van der Waals surface area contributed by atoms with Crippen molar-refractivity contribution in [2.45, 2.75) is 40.0 Å². The minimum atomic E-state index is -0.508. The van der Waals surface area contributed by atoms with E-state index in [0.29, 0.717) is 6.54 Å². The van der Waals surface area contributed by atoms with E-state index in [0.717, 1.165) is 36.3 Å². The number of imide groups is 1. The molecule has 0 saturated heterocycles. The Kier molecular flexibility index (Phi) is 10.3. The van der Waals surface area contributed by atoms with Gasteiger partial charge in [0.1, 0.15) is 0 Å². The van der Waals surface area contributed by atoms with Crippen molar-refractivity contribution in [2.75, 3.05) is 19.7 Å². The number of carbonyl (C=O) groups is 4. The van der Waals surface area contributed by atoms with Crippen molar-refractivity contribution in [3.8, 4) is 0 Å². The van der Waals surface area contributed by atoms with Crippen molar-refractivity contribution in [2.24, 2.45) is 0 Å². The molecule has 2 N–H and O–H groups in total. The van der Waals surface area contributed by atoms with Crippen LogP contribution in [0.25, 0.3) is 0 Å². The molecule has 0 bridgehead atoms. The largest absolute Gasteiger partial charge is 0.354 e. The molecule has 0 aromatic carbocycles. The summed E-state index contributed by atoms with van der Waals surface area (Å²) in [5.41, 5.74) is 2.10. The van der Waals surface area contributed by atoms with Gasteiger partial charge in [-0.05, 0) is 6.42 Å². The highest BCUT2D eigenvalue weighted by molar-refractivity contribution is 6.13. The van der Waals surface area contributed by atoms with Gasteiger partial charge in [-0.25, -0.2) is 5.48 Å². The Morgan fingerprint density at radius 1 is 1.13 bits per heavy atom. The Labute approximate surface area is 136 Å². The van der Waals surface area contributed by atoms with Crippen LogP contribution >= 0.6 is 0 Å². The average molecular weight is 327 g/mol. The molecule has 1 aliphatic rings. The van der Waals surface area contributed by atoms with Gasteiger partial charge in [0, 0.05) is 31.7 Å². The number of hydroxylamine groups is 1. The van der Waals surface area contributed by atoms with Crippen molar-refractivity contribution < 1.29 is 24.0 Å². The molecular formula is C15H25N3O5. The number of nitrogens with one attached hydrogen (secondary N) is 2. The molecule has 0 radical (unpaired) electrons. The van der Waals surface area contributed by atoms with Crippen molar-refractivity contribution in [1.82, 2.24) is 15.7 Å². The lowest BCUT2D eigenvalue weighted by Gasteiger charge is -2.13. The van der Waals surface area contributed by atoms with E-state index in [9.17, 15) is 19.2 Å². The zero-order valence-electron chi connectivity index (χ0n) is 12.6. The van der Waals surface area contributed by atoms with Gasteiger partial charge < -0.3 is 5.32 Å². The molecule has 0 saturated carbocycles. The molecule has 0 atom stereocenters. The molecule has 0 aromatic heterocycles. The van der Waals surface area contributed by atoms with Crippen LogP contribution in [0.4, 0.5) is 0 Å². The van der Waals surface area contributed by atoms with Crippen molar-refractivity contribution in [3.05, 3.63) is 12.2 Å². The Balaban J connectivity index is 0.00000484. The zero-order chi connectivity index (χ0) is 16.4. The Hall–Kier alpha value is -2.22. The molecular weight excluding hydrogens is 302 g/mol. The molecule has 0 unspecified atom stereocenters. The van der Waals surface area contributed by atoms with Gasteiger partial charge in [-0.2, -0.15) is 0 Å². The molecule has 1 rings (SSSR count). The fraction of sp³-hybridized carbons (Fsp3) is 0.600. The first-order valence-electron chi connectivity index (χ1n) is 7.25. The standard InChI is InChI=1S/C14H21N3O5.CH4/c1-2-3-4-8-15-12(19)10-22-16-11(18)7-9-17-13(20)5-6-14(17)21;/h5-6H,2-4,7-10H2,1H3,(H,15,19)(H,16,18);1H4. The van der Waals surface area contributed by atoms with Gasteiger partial charge in [0.2, 0.25) is 11.8 Å². The fourth-order valence-corrected chi connectivity index (χ4v) is 1.75. The minimum absolute atomic E-state index is 0. The number of hydrogen-bond acceptors (Lipinski definition) is 5. The Morgan fingerprint density at radius 3 is 2.39 bits per heavy atom. The molecule has 130 valence electrons. The van der Waals surface area contributed by atoms with Crippen molar-refractivity contribution >= 4 is 23.6 Å². The second-order valence-electron chi connectivity index (χ2n) is 4.78. The summed E-state index contributed by atoms with van der Waals surface area (Å²) in [6.07, 6.45) is 5.23. The number of unbranched alkanes of at least 4 members (excludes halogenated alkanes) is 2. The van der Waals surface area contributed by atoms with E-state index in [4.69, 9.17) is 4.84 Å². The van der Waals surface area contributed by atoms with E-state index in [1.807, 2.05) is 0 Å². The summed E-state index contributed by atoms with van der Waals surface area (Å²) in [4.78, 5) is 51.0. The lowest BCUT2D eigenvalue weighted by atomic mass is 10.2. The van der Waals surface area contributed by atoms with Crippen molar-refractivity contribution in [1.29, 1.82) is 0 Å². The minimum Gasteiger partial charge on any atom is -0.354 e. The van der Waals surface area contributed by atoms with Gasteiger partial charge in [-0.3, -0.25) is 28.9 Å². The maximum Gasteiger partial charge on any atom is 0.253 e. The summed E-state index contributed by atoms with van der Waals surface area (Å²) in [6.45, 7) is 2.35. The molecule has 0 aromatic rings. The third kappa shape index (κ3) is 8.10. The van der Waals surface area contributed by atoms with E-state index in [1.165, 1.54) is 0 Å². The predicted molar refractivity (Wildman–Crippen MR) is 83.8 cm³/mol. The topological polar surface area (TPSA) is 105 Å². The monoisotopic (exact) mass is 327 g/mol. The average Bonchev–Trinajstić information content (AvgIpc) is 2.80. The van der Waals surface area contributed by atoms with Crippen LogP contribution in [-0.4, -0.2) is 48.2 Å². The number of amides is 4. The highest BCUT2D eigenvalue weighted by Crippen LogP contribution is 2.03. The number of carbonyl (C=O) groups excluding carboxylic acids is 4. The van der Waals surface area contributed by atoms with Crippen LogP contribution in [0, 0.1) is 0 Å². The lowest BCUT2D eigenvalue weighted by molar-refractivity contribution is -0.140. The van der Waals surface area contributed by atoms with Crippen LogP contribution in [0.3, 0.4) is 0 Å². The second-order valence-corrected chi connectivity index (χ2v) is 4.78. The first-order chi connectivity index (χ1) is 10.5. The molecule has 23 heavy (non-hydrogen) atoms. The Morgan fingerprint density at radius 2 is 1.78 bits per heavy atom. The molecule has 8 heteroatoms. The van der Waals surface area contributed by atoms with Crippen LogP contribution in [0.5, 0.6) is 0 Å². The van der Waals surface area contributed by atoms with Gasteiger partial charge in [0.15, 0.2) is 6.61 Å². The van der Waals surface area contributed by atoms with Gasteiger partial charge >= 0.3 is 0 Å². The summed E-state index contributed by atoms with van der Waals surface area (Å²) in [7, 11) is 0. The summed E-state index contributed by atoms with van der Waals surface area (Å²) >= 11 is 0. The molecule has 0 aliphatic carbocycles. The normalized spacial score (nSPS) is 13.0. The first-order valence-corrected chi connectivity index (χ1v) is 7.25. The maximum atomic E-state index is 11.5. The van der Waals surface area contributed by atoms with Crippen LogP contribution in [0.2, 0.25) is 0 Å². The predicted octanol–water partition coefficient (Wildman–Crippen LogP) is 0.292. The van der Waals surface area contributed by atoms with E-state index in [1.54, 1.807) is 0 Å². The van der Waals surface area contributed by atoms with Crippen LogP contribution in [0.15, 0.2) is 12.2 Å². The summed E-state index contributed by atoms with van der Waals surface area (Å²) in [6, 6.07) is 0. The molecule has 0 spiro atoms. The Bertz CT molecular complexity index is 444. The van der Waals surface area contributed by atoms with Gasteiger partial charge in [0.25, 0.3) is 11.8 Å². The number of nitrogens with zero attached hydrogens (tertiary/aromatic N) is 1. The quantitative estimate of drug-likeness (QED) is 0.341. The van der Waals surface area contributed by atoms with Crippen LogP contribution < -0.4 is 10.8 Å². The molecule has 1 heterocycles. The van der Waals surface area contributed by atoms with E-state index < -0.39 is 17.7 Å². The zero-order valence-corrected chi connectivity index (χ0v) is 12.6. The summed E-state index contributed by atoms with van der Waals surface area (Å²) < 4.78 is 0. The third-order valence-electron chi connectivity index (χ3n) is 2.95. The smallest absolute Gasteiger partial charge is 0.253 e. The van der Waals surface area contributed by atoms with Gasteiger partial charge in [0.05, 0.1) is 0 Å². The number of hydrogen-bond donors (Lipinski definition) is 2. The first kappa shape index (κ1) is 20.8. The van der Waals surface area contributed by atoms with E-state index in [-0.39, 0.29) is 32.9 Å². The van der Waals surface area contributed by atoms with Crippen LogP contribution in [0.1, 0.15) is 40.0 Å². The van der Waals surface area contributed by atoms with Gasteiger partial charge in [-0.1, -0.05) is 27.2 Å². The summed E-state index contributed by atoms with van der Waals surface area (Å²) in [5.74, 6) is -1.70. The number of rotatable bonds is 10. The van der Waals surface area contributed by atoms with E-state index >= 15 is 0 Å². The lowest BCUT2D eigenvalue weighted by Crippen LogP contribution is -2.36. The SMILES string of the molecule is C.CCCCCNC(=O)CONC(=O)CCN1C(=O)C=CC1=O. The second kappa shape index (κ2) is 11.4. The summed E-state index contributed by atoms with van der Waals surface area (Å²) in [5, 5.41) is 2.66. The third-order valence-corrected chi connectivity index (χ3v) is 2.95. The molecule has 8 nitrogen and oxygen atoms in total. The van der Waals surface area contributed by atoms with Crippen molar-refractivity contribution in [3.63, 3.8) is 0 Å². The highest BCUT2D eigenvalue weighted by Gasteiger charge is 2.23. The molecule has 4 amide bonds.